The highest BCUT2D eigenvalue weighted by atomic mass is 16.3. The van der Waals surface area contributed by atoms with Gasteiger partial charge in [0.05, 0.1) is 12.2 Å². The van der Waals surface area contributed by atoms with Crippen molar-refractivity contribution in [2.45, 2.75) is 13.0 Å². The van der Waals surface area contributed by atoms with Crippen molar-refractivity contribution in [2.75, 3.05) is 11.9 Å². The summed E-state index contributed by atoms with van der Waals surface area (Å²) in [5.74, 6) is 0.520. The van der Waals surface area contributed by atoms with E-state index in [4.69, 9.17) is 10.4 Å². The molecule has 0 aliphatic carbocycles. The molecule has 0 aromatic carbocycles. The van der Waals surface area contributed by atoms with Crippen LogP contribution in [0.5, 0.6) is 0 Å². The fourth-order valence-electron chi connectivity index (χ4n) is 0.890. The number of nitriles is 1. The average molecular weight is 177 g/mol. The van der Waals surface area contributed by atoms with Crippen LogP contribution in [-0.4, -0.2) is 22.7 Å². The van der Waals surface area contributed by atoms with E-state index in [0.717, 1.165) is 0 Å². The average Bonchev–Trinajstić information content (AvgIpc) is 2.18. The van der Waals surface area contributed by atoms with Crippen molar-refractivity contribution in [3.05, 3.63) is 23.9 Å². The molecule has 0 fully saturated rings. The molecule has 1 heterocycles. The maximum absolute atomic E-state index is 8.79. The van der Waals surface area contributed by atoms with Crippen LogP contribution in [0.25, 0.3) is 0 Å². The highest BCUT2D eigenvalue weighted by Crippen LogP contribution is 2.10. The van der Waals surface area contributed by atoms with Gasteiger partial charge in [-0.1, -0.05) is 0 Å². The van der Waals surface area contributed by atoms with Gasteiger partial charge in [0.1, 0.15) is 11.9 Å². The predicted octanol–water partition coefficient (Wildman–Crippen LogP) is 0.746. The number of aliphatic hydroxyl groups is 1. The number of hydrogen-bond acceptors (Lipinski definition) is 4. The minimum atomic E-state index is -0.0954. The van der Waals surface area contributed by atoms with Crippen LogP contribution < -0.4 is 5.32 Å². The van der Waals surface area contributed by atoms with E-state index in [1.54, 1.807) is 18.3 Å². The Balaban J connectivity index is 2.82. The van der Waals surface area contributed by atoms with Gasteiger partial charge in [-0.05, 0) is 19.1 Å². The molecular weight excluding hydrogens is 166 g/mol. The van der Waals surface area contributed by atoms with E-state index < -0.39 is 0 Å². The number of pyridine rings is 1. The van der Waals surface area contributed by atoms with Gasteiger partial charge in [0, 0.05) is 12.2 Å². The maximum Gasteiger partial charge on any atom is 0.144 e. The van der Waals surface area contributed by atoms with Gasteiger partial charge < -0.3 is 10.4 Å². The second kappa shape index (κ2) is 4.43. The van der Waals surface area contributed by atoms with Crippen molar-refractivity contribution in [1.29, 1.82) is 5.26 Å². The molecular formula is C9H11N3O. The molecule has 0 radical (unpaired) electrons. The summed E-state index contributed by atoms with van der Waals surface area (Å²) < 4.78 is 0. The summed E-state index contributed by atoms with van der Waals surface area (Å²) >= 11 is 0. The first-order valence-electron chi connectivity index (χ1n) is 4.00. The molecule has 1 atom stereocenters. The smallest absolute Gasteiger partial charge is 0.144 e. The first-order valence-corrected chi connectivity index (χ1v) is 4.00. The predicted molar refractivity (Wildman–Crippen MR) is 49.1 cm³/mol. The minimum absolute atomic E-state index is 0.0153. The molecule has 0 amide bonds. The van der Waals surface area contributed by atoms with Gasteiger partial charge in [0.15, 0.2) is 0 Å². The molecule has 0 aliphatic rings. The van der Waals surface area contributed by atoms with Crippen LogP contribution in [0, 0.1) is 11.3 Å². The number of hydrogen-bond donors (Lipinski definition) is 2. The maximum atomic E-state index is 8.79. The standard InChI is InChI=1S/C9H11N3O/c1-7(6-13)12-9-8(5-10)3-2-4-11-9/h2-4,7,13H,6H2,1H3,(H,11,12). The van der Waals surface area contributed by atoms with E-state index in [2.05, 4.69) is 10.3 Å². The normalized spacial score (nSPS) is 11.8. The molecule has 0 saturated carbocycles. The molecule has 68 valence electrons. The Kier molecular flexibility index (Phi) is 3.23. The molecule has 13 heavy (non-hydrogen) atoms. The molecule has 0 spiro atoms. The van der Waals surface area contributed by atoms with Crippen molar-refractivity contribution >= 4 is 5.82 Å². The molecule has 4 heteroatoms. The molecule has 1 aromatic heterocycles. The summed E-state index contributed by atoms with van der Waals surface area (Å²) in [6.07, 6.45) is 1.60. The molecule has 2 N–H and O–H groups in total. The Morgan fingerprint density at radius 3 is 3.15 bits per heavy atom. The molecule has 0 saturated heterocycles. The van der Waals surface area contributed by atoms with Gasteiger partial charge >= 0.3 is 0 Å². The Morgan fingerprint density at radius 1 is 1.77 bits per heavy atom. The Hall–Kier alpha value is -1.60. The summed E-state index contributed by atoms with van der Waals surface area (Å²) in [6, 6.07) is 5.30. The zero-order chi connectivity index (χ0) is 9.68. The summed E-state index contributed by atoms with van der Waals surface area (Å²) in [4.78, 5) is 3.99. The lowest BCUT2D eigenvalue weighted by atomic mass is 10.2. The first kappa shape index (κ1) is 9.49. The van der Waals surface area contributed by atoms with E-state index in [1.165, 1.54) is 0 Å². The van der Waals surface area contributed by atoms with Crippen molar-refractivity contribution in [1.82, 2.24) is 4.98 Å². The van der Waals surface area contributed by atoms with Crippen LogP contribution in [0.3, 0.4) is 0 Å². The van der Waals surface area contributed by atoms with Crippen LogP contribution in [-0.2, 0) is 0 Å². The van der Waals surface area contributed by atoms with Crippen LogP contribution >= 0.6 is 0 Å². The third-order valence-electron chi connectivity index (χ3n) is 1.59. The monoisotopic (exact) mass is 177 g/mol. The molecule has 1 aromatic rings. The number of anilines is 1. The van der Waals surface area contributed by atoms with Gasteiger partial charge in [-0.15, -0.1) is 0 Å². The number of rotatable bonds is 3. The topological polar surface area (TPSA) is 68.9 Å². The highest BCUT2D eigenvalue weighted by molar-refractivity contribution is 5.51. The van der Waals surface area contributed by atoms with Gasteiger partial charge in [-0.3, -0.25) is 0 Å². The second-order valence-electron chi connectivity index (χ2n) is 2.74. The third-order valence-corrected chi connectivity index (χ3v) is 1.59. The third kappa shape index (κ3) is 2.42. The summed E-state index contributed by atoms with van der Waals surface area (Å²) in [7, 11) is 0. The molecule has 0 aliphatic heterocycles. The molecule has 4 nitrogen and oxygen atoms in total. The number of aromatic nitrogens is 1. The lowest BCUT2D eigenvalue weighted by molar-refractivity contribution is 0.281. The van der Waals surface area contributed by atoms with Crippen LogP contribution in [0.15, 0.2) is 18.3 Å². The van der Waals surface area contributed by atoms with Gasteiger partial charge in [0.2, 0.25) is 0 Å². The SMILES string of the molecule is CC(CO)Nc1ncccc1C#N. The Morgan fingerprint density at radius 2 is 2.54 bits per heavy atom. The quantitative estimate of drug-likeness (QED) is 0.714. The number of nitrogens with one attached hydrogen (secondary N) is 1. The largest absolute Gasteiger partial charge is 0.394 e. The summed E-state index contributed by atoms with van der Waals surface area (Å²) in [6.45, 7) is 1.83. The Bertz CT molecular complexity index is 319. The molecule has 1 rings (SSSR count). The van der Waals surface area contributed by atoms with Gasteiger partial charge in [-0.2, -0.15) is 5.26 Å². The van der Waals surface area contributed by atoms with E-state index >= 15 is 0 Å². The molecule has 0 bridgehead atoms. The Labute approximate surface area is 76.8 Å². The van der Waals surface area contributed by atoms with E-state index in [9.17, 15) is 0 Å². The fraction of sp³-hybridized carbons (Fsp3) is 0.333. The van der Waals surface area contributed by atoms with Crippen LogP contribution in [0.1, 0.15) is 12.5 Å². The number of nitrogens with zero attached hydrogens (tertiary/aromatic N) is 2. The minimum Gasteiger partial charge on any atom is -0.394 e. The second-order valence-corrected chi connectivity index (χ2v) is 2.74. The highest BCUT2D eigenvalue weighted by Gasteiger charge is 2.04. The summed E-state index contributed by atoms with van der Waals surface area (Å²) in [5.41, 5.74) is 0.489. The number of aliphatic hydroxyl groups excluding tert-OH is 1. The van der Waals surface area contributed by atoms with Crippen LogP contribution in [0.2, 0.25) is 0 Å². The fourth-order valence-corrected chi connectivity index (χ4v) is 0.890. The van der Waals surface area contributed by atoms with Gasteiger partial charge in [-0.25, -0.2) is 4.98 Å². The zero-order valence-electron chi connectivity index (χ0n) is 7.36. The van der Waals surface area contributed by atoms with E-state index in [0.29, 0.717) is 11.4 Å². The van der Waals surface area contributed by atoms with Crippen molar-refractivity contribution in [3.63, 3.8) is 0 Å². The summed E-state index contributed by atoms with van der Waals surface area (Å²) in [5, 5.41) is 20.4. The molecule has 1 unspecified atom stereocenters. The lowest BCUT2D eigenvalue weighted by Crippen LogP contribution is -2.20. The van der Waals surface area contributed by atoms with Crippen molar-refractivity contribution in [2.24, 2.45) is 0 Å². The van der Waals surface area contributed by atoms with Crippen LogP contribution in [0.4, 0.5) is 5.82 Å². The van der Waals surface area contributed by atoms with E-state index in [1.807, 2.05) is 13.0 Å². The first-order chi connectivity index (χ1) is 6.27. The van der Waals surface area contributed by atoms with E-state index in [-0.39, 0.29) is 12.6 Å². The lowest BCUT2D eigenvalue weighted by Gasteiger charge is -2.11. The van der Waals surface area contributed by atoms with Crippen molar-refractivity contribution in [3.8, 4) is 6.07 Å². The van der Waals surface area contributed by atoms with Crippen molar-refractivity contribution < 1.29 is 5.11 Å². The zero-order valence-corrected chi connectivity index (χ0v) is 7.36. The van der Waals surface area contributed by atoms with Gasteiger partial charge in [0.25, 0.3) is 0 Å².